The van der Waals surface area contributed by atoms with Gasteiger partial charge in [0.25, 0.3) is 0 Å². The summed E-state index contributed by atoms with van der Waals surface area (Å²) in [5.41, 5.74) is 6.87. The topological polar surface area (TPSA) is 35.4 Å². The van der Waals surface area contributed by atoms with Crippen molar-refractivity contribution in [2.75, 3.05) is 0 Å². The smallest absolute Gasteiger partial charge is 0.220 e. The van der Waals surface area contributed by atoms with Crippen molar-refractivity contribution in [1.29, 1.82) is 0 Å². The summed E-state index contributed by atoms with van der Waals surface area (Å²) in [5, 5.41) is 2.92. The maximum Gasteiger partial charge on any atom is 0.220 e. The van der Waals surface area contributed by atoms with Gasteiger partial charge in [0.1, 0.15) is 11.2 Å². The van der Waals surface area contributed by atoms with Crippen molar-refractivity contribution < 1.29 is 4.42 Å². The Morgan fingerprint density at radius 2 is 1.50 bits per heavy atom. The van der Waals surface area contributed by atoms with E-state index in [-0.39, 0.29) is 0 Å². The molecule has 0 aliphatic heterocycles. The molecule has 0 aliphatic carbocycles. The Balaban J connectivity index is 1.61. The van der Waals surface area contributed by atoms with Crippen LogP contribution >= 0.6 is 11.6 Å². The zero-order chi connectivity index (χ0) is 19.8. The summed E-state index contributed by atoms with van der Waals surface area (Å²) in [7, 11) is 0. The number of aromatic nitrogens is 3. The van der Waals surface area contributed by atoms with Crippen LogP contribution in [0, 0.1) is 0 Å². The van der Waals surface area contributed by atoms with Crippen LogP contribution < -0.4 is 0 Å². The molecule has 0 fully saturated rings. The van der Waals surface area contributed by atoms with Crippen LogP contribution in [0.5, 0.6) is 0 Å². The number of furan rings is 1. The normalized spacial score (nSPS) is 12.2. The lowest BCUT2D eigenvalue weighted by atomic mass is 10.1. The number of hydrogen-bond acceptors (Lipinski definition) is 2. The lowest BCUT2D eigenvalue weighted by Crippen LogP contribution is -1.94. The molecule has 0 aliphatic rings. The summed E-state index contributed by atoms with van der Waals surface area (Å²) in [4.78, 5) is 4.92. The van der Waals surface area contributed by atoms with E-state index < -0.39 is 0 Å². The molecule has 0 radical (unpaired) electrons. The van der Waals surface area contributed by atoms with Crippen molar-refractivity contribution in [3.8, 4) is 5.69 Å². The minimum absolute atomic E-state index is 0.683. The van der Waals surface area contributed by atoms with E-state index in [1.165, 1.54) is 0 Å². The Labute approximate surface area is 175 Å². The molecular formula is C25H14ClN3O. The first-order chi connectivity index (χ1) is 14.8. The summed E-state index contributed by atoms with van der Waals surface area (Å²) >= 11 is 6.22. The zero-order valence-corrected chi connectivity index (χ0v) is 16.5. The fourth-order valence-electron chi connectivity index (χ4n) is 4.49. The number of rotatable bonds is 1. The molecular weight excluding hydrogens is 394 g/mol. The van der Waals surface area contributed by atoms with Gasteiger partial charge in [0, 0.05) is 21.9 Å². The Morgan fingerprint density at radius 3 is 2.43 bits per heavy atom. The van der Waals surface area contributed by atoms with Crippen molar-refractivity contribution in [3.05, 3.63) is 90.0 Å². The second-order valence-electron chi connectivity index (χ2n) is 7.48. The number of nitrogens with zero attached hydrogens (tertiary/aromatic N) is 3. The quantitative estimate of drug-likeness (QED) is 0.294. The molecule has 3 aromatic heterocycles. The molecule has 3 heterocycles. The largest absolute Gasteiger partial charge is 0.456 e. The molecule has 0 atom stereocenters. The fraction of sp³-hybridized carbons (Fsp3) is 0. The maximum absolute atomic E-state index is 6.22. The molecule has 142 valence electrons. The van der Waals surface area contributed by atoms with Gasteiger partial charge in [-0.1, -0.05) is 41.9 Å². The van der Waals surface area contributed by atoms with Gasteiger partial charge >= 0.3 is 0 Å². The molecule has 0 unspecified atom stereocenters. The van der Waals surface area contributed by atoms with Gasteiger partial charge in [-0.05, 0) is 48.5 Å². The van der Waals surface area contributed by atoms with Crippen LogP contribution in [-0.4, -0.2) is 14.0 Å². The highest BCUT2D eigenvalue weighted by atomic mass is 35.5. The predicted molar refractivity (Wildman–Crippen MR) is 122 cm³/mol. The Morgan fingerprint density at radius 1 is 0.700 bits per heavy atom. The highest BCUT2D eigenvalue weighted by molar-refractivity contribution is 6.31. The fourth-order valence-corrected chi connectivity index (χ4v) is 4.65. The molecule has 0 N–H and O–H groups in total. The average Bonchev–Trinajstić information content (AvgIpc) is 3.40. The number of hydrogen-bond donors (Lipinski definition) is 0. The van der Waals surface area contributed by atoms with E-state index in [0.29, 0.717) is 5.02 Å². The number of halogens is 1. The van der Waals surface area contributed by atoms with Gasteiger partial charge in [0.15, 0.2) is 0 Å². The van der Waals surface area contributed by atoms with Gasteiger partial charge in [0.2, 0.25) is 5.78 Å². The second-order valence-corrected chi connectivity index (χ2v) is 7.92. The van der Waals surface area contributed by atoms with Crippen LogP contribution in [0.25, 0.3) is 55.5 Å². The summed E-state index contributed by atoms with van der Waals surface area (Å²) in [6, 6.07) is 28.7. The van der Waals surface area contributed by atoms with Gasteiger partial charge in [-0.25, -0.2) is 4.98 Å². The minimum Gasteiger partial charge on any atom is -0.456 e. The van der Waals surface area contributed by atoms with Crippen LogP contribution in [0.1, 0.15) is 0 Å². The van der Waals surface area contributed by atoms with Crippen LogP contribution in [0.15, 0.2) is 89.3 Å². The van der Waals surface area contributed by atoms with Crippen LogP contribution in [0.2, 0.25) is 5.02 Å². The third-order valence-corrected chi connectivity index (χ3v) is 6.02. The monoisotopic (exact) mass is 407 g/mol. The van der Waals surface area contributed by atoms with E-state index in [9.17, 15) is 0 Å². The number of benzene rings is 4. The first-order valence-corrected chi connectivity index (χ1v) is 10.1. The van der Waals surface area contributed by atoms with E-state index in [1.54, 1.807) is 0 Å². The summed E-state index contributed by atoms with van der Waals surface area (Å²) in [5.74, 6) is 0.851. The first-order valence-electron chi connectivity index (χ1n) is 9.77. The molecule has 0 amide bonds. The summed E-state index contributed by atoms with van der Waals surface area (Å²) < 4.78 is 10.5. The molecule has 30 heavy (non-hydrogen) atoms. The SMILES string of the molecule is Clc1ccc2c(c1)nc1n(-c3ccc4c(c3)oc3ccccc34)c3ccccc3n21. The van der Waals surface area contributed by atoms with Crippen molar-refractivity contribution >= 4 is 61.4 Å². The highest BCUT2D eigenvalue weighted by Crippen LogP contribution is 2.33. The van der Waals surface area contributed by atoms with Gasteiger partial charge < -0.3 is 4.42 Å². The minimum atomic E-state index is 0.683. The highest BCUT2D eigenvalue weighted by Gasteiger charge is 2.18. The Kier molecular flexibility index (Phi) is 3.03. The molecule has 5 heteroatoms. The lowest BCUT2D eigenvalue weighted by molar-refractivity contribution is 0.668. The third kappa shape index (κ3) is 2.03. The van der Waals surface area contributed by atoms with Crippen LogP contribution in [-0.2, 0) is 0 Å². The second kappa shape index (κ2) is 5.65. The Hall–Kier alpha value is -3.76. The summed E-state index contributed by atoms with van der Waals surface area (Å²) in [6.45, 7) is 0. The molecule has 7 aromatic rings. The van der Waals surface area contributed by atoms with Gasteiger partial charge in [-0.3, -0.25) is 8.97 Å². The molecule has 0 spiro atoms. The van der Waals surface area contributed by atoms with Gasteiger partial charge in [-0.2, -0.15) is 0 Å². The number of imidazole rings is 2. The van der Waals surface area contributed by atoms with Crippen LogP contribution in [0.4, 0.5) is 0 Å². The van der Waals surface area contributed by atoms with E-state index in [0.717, 1.165) is 55.5 Å². The van der Waals surface area contributed by atoms with E-state index in [2.05, 4.69) is 57.5 Å². The number of fused-ring (bicyclic) bond motifs is 8. The zero-order valence-electron chi connectivity index (χ0n) is 15.7. The third-order valence-electron chi connectivity index (χ3n) is 5.78. The van der Waals surface area contributed by atoms with Crippen molar-refractivity contribution in [3.63, 3.8) is 0 Å². The van der Waals surface area contributed by atoms with E-state index >= 15 is 0 Å². The molecule has 0 saturated heterocycles. The molecule has 0 saturated carbocycles. The molecule has 4 nitrogen and oxygen atoms in total. The van der Waals surface area contributed by atoms with E-state index in [4.69, 9.17) is 21.0 Å². The standard InChI is InChI=1S/C25H14ClN3O/c26-15-9-12-20-19(13-15)27-25-28(21-6-2-3-7-22(21)29(20)25)16-10-11-18-17-5-1-4-8-23(17)30-24(18)14-16/h1-14H. The lowest BCUT2D eigenvalue weighted by Gasteiger charge is -2.05. The predicted octanol–water partition coefficient (Wildman–Crippen LogP) is 6.98. The van der Waals surface area contributed by atoms with Gasteiger partial charge in [0.05, 0.1) is 27.8 Å². The Bertz CT molecular complexity index is 1770. The molecule has 0 bridgehead atoms. The van der Waals surface area contributed by atoms with Crippen molar-refractivity contribution in [2.24, 2.45) is 0 Å². The molecule has 7 rings (SSSR count). The average molecular weight is 408 g/mol. The van der Waals surface area contributed by atoms with Crippen molar-refractivity contribution in [2.45, 2.75) is 0 Å². The maximum atomic E-state index is 6.22. The summed E-state index contributed by atoms with van der Waals surface area (Å²) in [6.07, 6.45) is 0. The molecule has 4 aromatic carbocycles. The number of para-hydroxylation sites is 3. The van der Waals surface area contributed by atoms with Crippen molar-refractivity contribution in [1.82, 2.24) is 14.0 Å². The van der Waals surface area contributed by atoms with Gasteiger partial charge in [-0.15, -0.1) is 0 Å². The first kappa shape index (κ1) is 16.1. The van der Waals surface area contributed by atoms with E-state index in [1.807, 2.05) is 36.4 Å². The van der Waals surface area contributed by atoms with Crippen LogP contribution in [0.3, 0.4) is 0 Å².